The number of nitrogens with zero attached hydrogens (tertiary/aromatic N) is 6. The minimum atomic E-state index is 0.847. The second-order valence-electron chi connectivity index (χ2n) is 7.14. The first-order chi connectivity index (χ1) is 13.8. The zero-order chi connectivity index (χ0) is 18.9. The maximum absolute atomic E-state index is 4.59. The van der Waals surface area contributed by atoms with Crippen LogP contribution in [0, 0.1) is 6.92 Å². The largest absolute Gasteiger partial charge is 0.368 e. The van der Waals surface area contributed by atoms with Gasteiger partial charge in [0.05, 0.1) is 17.3 Å². The first kappa shape index (κ1) is 16.7. The molecule has 0 radical (unpaired) electrons. The molecule has 1 aliphatic rings. The molecular weight excluding hydrogens is 348 g/mol. The number of aryl methyl sites for hydroxylation is 1. The fourth-order valence-electron chi connectivity index (χ4n) is 3.77. The van der Waals surface area contributed by atoms with Gasteiger partial charge < -0.3 is 9.80 Å². The van der Waals surface area contributed by atoms with Crippen LogP contribution < -0.4 is 9.80 Å². The third-order valence-corrected chi connectivity index (χ3v) is 5.32. The van der Waals surface area contributed by atoms with E-state index in [1.165, 1.54) is 11.3 Å². The predicted octanol–water partition coefficient (Wildman–Crippen LogP) is 3.45. The Balaban J connectivity index is 1.42. The molecule has 1 aliphatic heterocycles. The summed E-state index contributed by atoms with van der Waals surface area (Å²) in [7, 11) is 0. The summed E-state index contributed by atoms with van der Waals surface area (Å²) in [5, 5.41) is 5.59. The van der Waals surface area contributed by atoms with Gasteiger partial charge in [-0.1, -0.05) is 35.9 Å². The molecule has 5 rings (SSSR count). The molecule has 2 aromatic heterocycles. The van der Waals surface area contributed by atoms with Crippen molar-refractivity contribution in [2.24, 2.45) is 0 Å². The summed E-state index contributed by atoms with van der Waals surface area (Å²) >= 11 is 0. The molecule has 28 heavy (non-hydrogen) atoms. The van der Waals surface area contributed by atoms with Crippen LogP contribution >= 0.6 is 0 Å². The Morgan fingerprint density at radius 2 is 1.46 bits per heavy atom. The van der Waals surface area contributed by atoms with Gasteiger partial charge in [-0.2, -0.15) is 5.10 Å². The zero-order valence-corrected chi connectivity index (χ0v) is 15.9. The van der Waals surface area contributed by atoms with Gasteiger partial charge in [0.1, 0.15) is 12.1 Å². The lowest BCUT2D eigenvalue weighted by Gasteiger charge is -2.36. The standard InChI is InChI=1S/C22H22N6/c1-17-7-9-19(10-8-17)28-22-20(15-25-28)21(23-16-24-22)27-13-11-26(12-14-27)18-5-3-2-4-6-18/h2-10,15-16H,11-14H2,1H3. The normalized spacial score (nSPS) is 14.6. The van der Waals surface area contributed by atoms with Gasteiger partial charge in [0.2, 0.25) is 0 Å². The molecule has 0 aliphatic carbocycles. The average molecular weight is 370 g/mol. The number of anilines is 2. The molecule has 0 saturated carbocycles. The number of benzene rings is 2. The van der Waals surface area contributed by atoms with Crippen molar-refractivity contribution in [2.45, 2.75) is 6.92 Å². The third kappa shape index (κ3) is 2.97. The van der Waals surface area contributed by atoms with Gasteiger partial charge in [0.15, 0.2) is 5.65 Å². The number of para-hydroxylation sites is 1. The topological polar surface area (TPSA) is 50.1 Å². The Hall–Kier alpha value is -3.41. The highest BCUT2D eigenvalue weighted by molar-refractivity contribution is 5.87. The van der Waals surface area contributed by atoms with Crippen LogP contribution in [0.4, 0.5) is 11.5 Å². The molecule has 1 saturated heterocycles. The second-order valence-corrected chi connectivity index (χ2v) is 7.14. The highest BCUT2D eigenvalue weighted by atomic mass is 15.3. The first-order valence-corrected chi connectivity index (χ1v) is 9.60. The summed E-state index contributed by atoms with van der Waals surface area (Å²) in [6.07, 6.45) is 3.53. The minimum absolute atomic E-state index is 0.847. The van der Waals surface area contributed by atoms with Crippen molar-refractivity contribution in [1.82, 2.24) is 19.7 Å². The van der Waals surface area contributed by atoms with Gasteiger partial charge >= 0.3 is 0 Å². The van der Waals surface area contributed by atoms with E-state index in [0.29, 0.717) is 0 Å². The summed E-state index contributed by atoms with van der Waals surface area (Å²) in [5.41, 5.74) is 4.37. The average Bonchev–Trinajstić information content (AvgIpc) is 3.19. The number of hydrogen-bond donors (Lipinski definition) is 0. The van der Waals surface area contributed by atoms with Crippen molar-refractivity contribution in [3.05, 3.63) is 72.7 Å². The van der Waals surface area contributed by atoms with E-state index in [9.17, 15) is 0 Å². The molecule has 0 atom stereocenters. The Bertz CT molecular complexity index is 1080. The van der Waals surface area contributed by atoms with Crippen molar-refractivity contribution in [3.8, 4) is 5.69 Å². The van der Waals surface area contributed by atoms with E-state index in [-0.39, 0.29) is 0 Å². The summed E-state index contributed by atoms with van der Waals surface area (Å²) in [5.74, 6) is 0.969. The summed E-state index contributed by atoms with van der Waals surface area (Å²) in [6.45, 7) is 5.89. The van der Waals surface area contributed by atoms with E-state index in [1.54, 1.807) is 6.33 Å². The van der Waals surface area contributed by atoms with Crippen LogP contribution in [0.15, 0.2) is 67.1 Å². The summed E-state index contributed by atoms with van der Waals surface area (Å²) < 4.78 is 1.89. The van der Waals surface area contributed by atoms with Crippen LogP contribution in [0.1, 0.15) is 5.56 Å². The Morgan fingerprint density at radius 3 is 2.21 bits per heavy atom. The maximum Gasteiger partial charge on any atom is 0.168 e. The molecule has 0 N–H and O–H groups in total. The van der Waals surface area contributed by atoms with E-state index in [0.717, 1.165) is 48.7 Å². The number of piperazine rings is 1. The molecule has 0 spiro atoms. The van der Waals surface area contributed by atoms with Gasteiger partial charge in [0, 0.05) is 31.9 Å². The highest BCUT2D eigenvalue weighted by Crippen LogP contribution is 2.26. The molecule has 2 aromatic carbocycles. The molecule has 0 bridgehead atoms. The number of rotatable bonds is 3. The number of aromatic nitrogens is 4. The van der Waals surface area contributed by atoms with E-state index < -0.39 is 0 Å². The van der Waals surface area contributed by atoms with Gasteiger partial charge in [0.25, 0.3) is 0 Å². The van der Waals surface area contributed by atoms with Crippen LogP contribution in [-0.4, -0.2) is 45.9 Å². The molecule has 140 valence electrons. The van der Waals surface area contributed by atoms with Gasteiger partial charge in [-0.15, -0.1) is 0 Å². The van der Waals surface area contributed by atoms with Crippen molar-refractivity contribution >= 4 is 22.5 Å². The van der Waals surface area contributed by atoms with E-state index in [2.05, 4.69) is 86.4 Å². The van der Waals surface area contributed by atoms with Crippen LogP contribution in [-0.2, 0) is 0 Å². The highest BCUT2D eigenvalue weighted by Gasteiger charge is 2.21. The number of fused-ring (bicyclic) bond motifs is 1. The fourth-order valence-corrected chi connectivity index (χ4v) is 3.77. The minimum Gasteiger partial charge on any atom is -0.368 e. The zero-order valence-electron chi connectivity index (χ0n) is 15.9. The molecule has 0 unspecified atom stereocenters. The third-order valence-electron chi connectivity index (χ3n) is 5.32. The molecule has 3 heterocycles. The Morgan fingerprint density at radius 1 is 0.750 bits per heavy atom. The lowest BCUT2D eigenvalue weighted by molar-refractivity contribution is 0.649. The van der Waals surface area contributed by atoms with E-state index in [4.69, 9.17) is 0 Å². The Kier molecular flexibility index (Phi) is 4.16. The number of hydrogen-bond acceptors (Lipinski definition) is 5. The first-order valence-electron chi connectivity index (χ1n) is 9.60. The molecule has 0 amide bonds. The summed E-state index contributed by atoms with van der Waals surface area (Å²) in [4.78, 5) is 13.9. The van der Waals surface area contributed by atoms with Crippen molar-refractivity contribution in [2.75, 3.05) is 36.0 Å². The van der Waals surface area contributed by atoms with Gasteiger partial charge in [-0.05, 0) is 31.2 Å². The molecular formula is C22H22N6. The Labute approximate surface area is 164 Å². The van der Waals surface area contributed by atoms with Crippen molar-refractivity contribution in [1.29, 1.82) is 0 Å². The van der Waals surface area contributed by atoms with Crippen LogP contribution in [0.2, 0.25) is 0 Å². The molecule has 4 aromatic rings. The SMILES string of the molecule is Cc1ccc(-n2ncc3c(N4CCN(c5ccccc5)CC4)ncnc32)cc1. The monoisotopic (exact) mass is 370 g/mol. The fraction of sp³-hybridized carbons (Fsp3) is 0.227. The van der Waals surface area contributed by atoms with Gasteiger partial charge in [-0.25, -0.2) is 14.6 Å². The molecule has 1 fully saturated rings. The molecule has 6 nitrogen and oxygen atoms in total. The van der Waals surface area contributed by atoms with Crippen LogP contribution in [0.5, 0.6) is 0 Å². The van der Waals surface area contributed by atoms with Crippen molar-refractivity contribution < 1.29 is 0 Å². The van der Waals surface area contributed by atoms with Gasteiger partial charge in [-0.3, -0.25) is 0 Å². The van der Waals surface area contributed by atoms with Crippen molar-refractivity contribution in [3.63, 3.8) is 0 Å². The van der Waals surface area contributed by atoms with Crippen LogP contribution in [0.25, 0.3) is 16.7 Å². The molecule has 6 heteroatoms. The lowest BCUT2D eigenvalue weighted by atomic mass is 10.2. The predicted molar refractivity (Wildman–Crippen MR) is 112 cm³/mol. The maximum atomic E-state index is 4.59. The van der Waals surface area contributed by atoms with E-state index in [1.807, 2.05) is 10.9 Å². The van der Waals surface area contributed by atoms with Crippen LogP contribution in [0.3, 0.4) is 0 Å². The summed E-state index contributed by atoms with van der Waals surface area (Å²) in [6, 6.07) is 18.9. The smallest absolute Gasteiger partial charge is 0.168 e. The van der Waals surface area contributed by atoms with E-state index >= 15 is 0 Å². The second kappa shape index (κ2) is 6.96. The lowest BCUT2D eigenvalue weighted by Crippen LogP contribution is -2.46. The quantitative estimate of drug-likeness (QED) is 0.553.